The second-order valence-electron chi connectivity index (χ2n) is 4.44. The van der Waals surface area contributed by atoms with Crippen molar-refractivity contribution in [3.8, 4) is 0 Å². The molecule has 0 unspecified atom stereocenters. The van der Waals surface area contributed by atoms with Crippen molar-refractivity contribution < 1.29 is 9.18 Å². The maximum absolute atomic E-state index is 13.7. The Morgan fingerprint density at radius 1 is 1.41 bits per heavy atom. The van der Waals surface area contributed by atoms with Crippen molar-refractivity contribution in [3.05, 3.63) is 35.6 Å². The van der Waals surface area contributed by atoms with E-state index in [1.54, 1.807) is 18.2 Å². The number of amides is 2. The van der Waals surface area contributed by atoms with Crippen LogP contribution in [0.15, 0.2) is 24.3 Å². The minimum atomic E-state index is -0.483. The van der Waals surface area contributed by atoms with E-state index in [1.807, 2.05) is 6.92 Å². The predicted octanol–water partition coefficient (Wildman–Crippen LogP) is 2.52. The molecule has 0 heterocycles. The molecule has 0 aliphatic heterocycles. The quantitative estimate of drug-likeness (QED) is 0.828. The van der Waals surface area contributed by atoms with Gasteiger partial charge in [0, 0.05) is 12.1 Å². The van der Waals surface area contributed by atoms with E-state index in [2.05, 4.69) is 10.6 Å². The van der Waals surface area contributed by atoms with Crippen molar-refractivity contribution in [2.24, 2.45) is 0 Å². The van der Waals surface area contributed by atoms with Gasteiger partial charge < -0.3 is 10.6 Å². The first-order valence-electron chi connectivity index (χ1n) is 5.99. The molecule has 1 aliphatic rings. The molecule has 0 saturated heterocycles. The second kappa shape index (κ2) is 4.73. The molecule has 1 aromatic rings. The van der Waals surface area contributed by atoms with E-state index < -0.39 is 5.54 Å². The summed E-state index contributed by atoms with van der Waals surface area (Å²) in [6.45, 7) is 2.63. The molecule has 4 heteroatoms. The zero-order valence-corrected chi connectivity index (χ0v) is 9.92. The Morgan fingerprint density at radius 3 is 2.71 bits per heavy atom. The lowest BCUT2D eigenvalue weighted by Gasteiger charge is -2.18. The lowest BCUT2D eigenvalue weighted by Crippen LogP contribution is -2.42. The van der Waals surface area contributed by atoms with Gasteiger partial charge >= 0.3 is 6.03 Å². The van der Waals surface area contributed by atoms with Gasteiger partial charge in [-0.1, -0.05) is 25.1 Å². The van der Waals surface area contributed by atoms with E-state index in [-0.39, 0.29) is 11.8 Å². The van der Waals surface area contributed by atoms with Crippen LogP contribution in [-0.4, -0.2) is 12.6 Å². The average Bonchev–Trinajstić information content (AvgIpc) is 3.07. The lowest BCUT2D eigenvalue weighted by molar-refractivity contribution is 0.235. The molecule has 2 amide bonds. The minimum Gasteiger partial charge on any atom is -0.338 e. The molecule has 1 saturated carbocycles. The maximum Gasteiger partial charge on any atom is 0.315 e. The molecule has 17 heavy (non-hydrogen) atoms. The Labute approximate surface area is 100 Å². The molecule has 0 radical (unpaired) electrons. The summed E-state index contributed by atoms with van der Waals surface area (Å²) in [4.78, 5) is 11.6. The molecule has 0 spiro atoms. The third-order valence-electron chi connectivity index (χ3n) is 3.03. The zero-order chi connectivity index (χ0) is 12.3. The molecule has 92 valence electrons. The number of benzene rings is 1. The van der Waals surface area contributed by atoms with Crippen molar-refractivity contribution in [2.75, 3.05) is 6.54 Å². The van der Waals surface area contributed by atoms with Gasteiger partial charge in [0.15, 0.2) is 0 Å². The third-order valence-corrected chi connectivity index (χ3v) is 3.03. The number of hydrogen-bond donors (Lipinski definition) is 2. The number of nitrogens with one attached hydrogen (secondary N) is 2. The summed E-state index contributed by atoms with van der Waals surface area (Å²) >= 11 is 0. The van der Waals surface area contributed by atoms with Crippen molar-refractivity contribution >= 4 is 6.03 Å². The smallest absolute Gasteiger partial charge is 0.315 e. The summed E-state index contributed by atoms with van der Waals surface area (Å²) in [6, 6.07) is 6.41. The van der Waals surface area contributed by atoms with Gasteiger partial charge in [0.05, 0.1) is 5.54 Å². The summed E-state index contributed by atoms with van der Waals surface area (Å²) in [5.41, 5.74) is 0.107. The molecule has 0 atom stereocenters. The second-order valence-corrected chi connectivity index (χ2v) is 4.44. The van der Waals surface area contributed by atoms with Crippen LogP contribution in [0.2, 0.25) is 0 Å². The summed E-state index contributed by atoms with van der Waals surface area (Å²) in [7, 11) is 0. The Bertz CT molecular complexity index is 416. The van der Waals surface area contributed by atoms with Gasteiger partial charge in [-0.05, 0) is 25.3 Å². The zero-order valence-electron chi connectivity index (χ0n) is 9.92. The number of rotatable bonds is 4. The predicted molar refractivity (Wildman–Crippen MR) is 64.1 cm³/mol. The third kappa shape index (κ3) is 2.57. The monoisotopic (exact) mass is 236 g/mol. The Morgan fingerprint density at radius 2 is 2.12 bits per heavy atom. The van der Waals surface area contributed by atoms with E-state index in [4.69, 9.17) is 0 Å². The van der Waals surface area contributed by atoms with Crippen LogP contribution in [0.3, 0.4) is 0 Å². The SMILES string of the molecule is CCCNC(=O)NC1(c2ccccc2F)CC1. The summed E-state index contributed by atoms with van der Waals surface area (Å²) in [6.07, 6.45) is 2.49. The van der Waals surface area contributed by atoms with E-state index in [0.29, 0.717) is 12.1 Å². The highest BCUT2D eigenvalue weighted by molar-refractivity contribution is 5.75. The largest absolute Gasteiger partial charge is 0.338 e. The number of halogens is 1. The van der Waals surface area contributed by atoms with Gasteiger partial charge in [-0.15, -0.1) is 0 Å². The molecule has 1 aromatic carbocycles. The van der Waals surface area contributed by atoms with Gasteiger partial charge in [-0.3, -0.25) is 0 Å². The van der Waals surface area contributed by atoms with Crippen molar-refractivity contribution in [3.63, 3.8) is 0 Å². The molecule has 1 aliphatic carbocycles. The van der Waals surface area contributed by atoms with Crippen LogP contribution in [0.1, 0.15) is 31.7 Å². The van der Waals surface area contributed by atoms with Gasteiger partial charge in [-0.2, -0.15) is 0 Å². The van der Waals surface area contributed by atoms with Gasteiger partial charge in [0.1, 0.15) is 5.82 Å². The van der Waals surface area contributed by atoms with Crippen molar-refractivity contribution in [1.82, 2.24) is 10.6 Å². The average molecular weight is 236 g/mol. The van der Waals surface area contributed by atoms with Crippen LogP contribution in [0, 0.1) is 5.82 Å². The van der Waals surface area contributed by atoms with Crippen molar-refractivity contribution in [1.29, 1.82) is 0 Å². The number of urea groups is 1. The molecule has 2 N–H and O–H groups in total. The molecular formula is C13H17FN2O. The first-order valence-corrected chi connectivity index (χ1v) is 5.99. The molecule has 1 fully saturated rings. The van der Waals surface area contributed by atoms with Crippen LogP contribution in [0.25, 0.3) is 0 Å². The minimum absolute atomic E-state index is 0.215. The highest BCUT2D eigenvalue weighted by atomic mass is 19.1. The van der Waals surface area contributed by atoms with Crippen LogP contribution < -0.4 is 10.6 Å². The van der Waals surface area contributed by atoms with Crippen LogP contribution in [-0.2, 0) is 5.54 Å². The van der Waals surface area contributed by atoms with Gasteiger partial charge in [0.25, 0.3) is 0 Å². The van der Waals surface area contributed by atoms with E-state index in [1.165, 1.54) is 6.07 Å². The normalized spacial score (nSPS) is 16.4. The number of carbonyl (C=O) groups is 1. The maximum atomic E-state index is 13.7. The summed E-state index contributed by atoms with van der Waals surface area (Å²) in [5.74, 6) is -0.249. The highest BCUT2D eigenvalue weighted by Crippen LogP contribution is 2.46. The fourth-order valence-corrected chi connectivity index (χ4v) is 1.94. The molecule has 2 rings (SSSR count). The van der Waals surface area contributed by atoms with E-state index in [0.717, 1.165) is 19.3 Å². The lowest BCUT2D eigenvalue weighted by atomic mass is 10.0. The van der Waals surface area contributed by atoms with E-state index >= 15 is 0 Å². The molecule has 0 bridgehead atoms. The summed E-state index contributed by atoms with van der Waals surface area (Å²) in [5, 5.41) is 5.61. The van der Waals surface area contributed by atoms with Crippen LogP contribution in [0.4, 0.5) is 9.18 Å². The topological polar surface area (TPSA) is 41.1 Å². The fraction of sp³-hybridized carbons (Fsp3) is 0.462. The van der Waals surface area contributed by atoms with Crippen molar-refractivity contribution in [2.45, 2.75) is 31.7 Å². The van der Waals surface area contributed by atoms with Gasteiger partial charge in [-0.25, -0.2) is 9.18 Å². The first kappa shape index (κ1) is 11.9. The number of carbonyl (C=O) groups excluding carboxylic acids is 1. The molecule has 0 aromatic heterocycles. The molecular weight excluding hydrogens is 219 g/mol. The summed E-state index contributed by atoms with van der Waals surface area (Å²) < 4.78 is 13.7. The standard InChI is InChI=1S/C13H17FN2O/c1-2-9-15-12(17)16-13(7-8-13)10-5-3-4-6-11(10)14/h3-6H,2,7-9H2,1H3,(H2,15,16,17). The number of hydrogen-bond acceptors (Lipinski definition) is 1. The highest BCUT2D eigenvalue weighted by Gasteiger charge is 2.47. The fourth-order valence-electron chi connectivity index (χ4n) is 1.94. The van der Waals surface area contributed by atoms with E-state index in [9.17, 15) is 9.18 Å². The van der Waals surface area contributed by atoms with Gasteiger partial charge in [0.2, 0.25) is 0 Å². The Balaban J connectivity index is 2.05. The van der Waals surface area contributed by atoms with Crippen LogP contribution >= 0.6 is 0 Å². The van der Waals surface area contributed by atoms with Crippen LogP contribution in [0.5, 0.6) is 0 Å². The molecule has 3 nitrogen and oxygen atoms in total. The first-order chi connectivity index (χ1) is 8.18. The Hall–Kier alpha value is -1.58. The Kier molecular flexibility index (Phi) is 3.31.